The topological polar surface area (TPSA) is 93.9 Å². The van der Waals surface area contributed by atoms with Crippen LogP contribution in [-0.2, 0) is 4.84 Å². The first-order chi connectivity index (χ1) is 9.99. The van der Waals surface area contributed by atoms with Gasteiger partial charge in [-0.2, -0.15) is 0 Å². The lowest BCUT2D eigenvalue weighted by Crippen LogP contribution is -2.37. The molecule has 7 heteroatoms. The van der Waals surface area contributed by atoms with Gasteiger partial charge in [-0.15, -0.1) is 10.1 Å². The van der Waals surface area contributed by atoms with Crippen LogP contribution in [0.4, 0.5) is 0 Å². The molecule has 0 amide bonds. The number of para-hydroxylation sites is 1. The summed E-state index contributed by atoms with van der Waals surface area (Å²) in [4.78, 5) is 14.2. The zero-order valence-corrected chi connectivity index (χ0v) is 12.3. The Morgan fingerprint density at radius 3 is 2.81 bits per heavy atom. The molecule has 21 heavy (non-hydrogen) atoms. The Hall–Kier alpha value is -1.86. The minimum atomic E-state index is -0.808. The lowest BCUT2D eigenvalue weighted by atomic mass is 10.2. The third kappa shape index (κ3) is 7.48. The highest BCUT2D eigenvalue weighted by molar-refractivity contribution is 5.31. The van der Waals surface area contributed by atoms with Gasteiger partial charge in [-0.05, 0) is 31.9 Å². The van der Waals surface area contributed by atoms with Crippen LogP contribution in [0.5, 0.6) is 5.75 Å². The molecule has 0 aliphatic carbocycles. The fourth-order valence-electron chi connectivity index (χ4n) is 1.71. The lowest BCUT2D eigenvalue weighted by molar-refractivity contribution is -0.757. The summed E-state index contributed by atoms with van der Waals surface area (Å²) in [6, 6.07) is 7.61. The normalized spacial score (nSPS) is 13.5. The minimum Gasteiger partial charge on any atom is -0.491 e. The lowest BCUT2D eigenvalue weighted by Gasteiger charge is -2.17. The first kappa shape index (κ1) is 17.2. The first-order valence-corrected chi connectivity index (χ1v) is 6.86. The molecule has 2 atom stereocenters. The molecule has 1 aromatic rings. The van der Waals surface area contributed by atoms with Gasteiger partial charge < -0.3 is 20.0 Å². The van der Waals surface area contributed by atoms with Gasteiger partial charge in [-0.1, -0.05) is 18.2 Å². The number of ether oxygens (including phenoxy) is 1. The van der Waals surface area contributed by atoms with Gasteiger partial charge in [0, 0.05) is 12.6 Å². The van der Waals surface area contributed by atoms with Crippen LogP contribution in [0.3, 0.4) is 0 Å². The van der Waals surface area contributed by atoms with E-state index >= 15 is 0 Å². The fraction of sp³-hybridized carbons (Fsp3) is 0.571. The predicted molar refractivity (Wildman–Crippen MR) is 77.7 cm³/mol. The average Bonchev–Trinajstić information content (AvgIpc) is 2.44. The average molecular weight is 298 g/mol. The molecule has 1 rings (SSSR count). The molecule has 0 aliphatic heterocycles. The number of nitrogens with zero attached hydrogens (tertiary/aromatic N) is 1. The molecule has 1 aromatic carbocycles. The second-order valence-corrected chi connectivity index (χ2v) is 4.89. The van der Waals surface area contributed by atoms with Crippen molar-refractivity contribution in [3.8, 4) is 5.75 Å². The van der Waals surface area contributed by atoms with Crippen molar-refractivity contribution in [1.82, 2.24) is 5.32 Å². The molecule has 0 heterocycles. The third-order valence-electron chi connectivity index (χ3n) is 2.97. The number of hydrogen-bond acceptors (Lipinski definition) is 6. The number of aliphatic hydroxyl groups is 1. The van der Waals surface area contributed by atoms with Crippen LogP contribution in [0.15, 0.2) is 24.3 Å². The Kier molecular flexibility index (Phi) is 7.49. The number of aryl methyl sites for hydroxylation is 1. The van der Waals surface area contributed by atoms with Crippen LogP contribution >= 0.6 is 0 Å². The largest absolute Gasteiger partial charge is 0.491 e. The summed E-state index contributed by atoms with van der Waals surface area (Å²) in [5.74, 6) is 0.754. The van der Waals surface area contributed by atoms with Gasteiger partial charge in [0.25, 0.3) is 5.09 Å². The van der Waals surface area contributed by atoms with Crippen molar-refractivity contribution in [2.24, 2.45) is 0 Å². The molecule has 0 spiro atoms. The molecule has 0 saturated heterocycles. The van der Waals surface area contributed by atoms with Gasteiger partial charge in [0.2, 0.25) is 0 Å². The maximum Gasteiger partial charge on any atom is 0.294 e. The summed E-state index contributed by atoms with van der Waals surface area (Å²) in [6.07, 6.45) is -0.157. The minimum absolute atomic E-state index is 0.0121. The molecule has 118 valence electrons. The van der Waals surface area contributed by atoms with Gasteiger partial charge in [0.15, 0.2) is 0 Å². The molecular weight excluding hydrogens is 276 g/mol. The van der Waals surface area contributed by atoms with Crippen molar-refractivity contribution >= 4 is 0 Å². The number of benzene rings is 1. The van der Waals surface area contributed by atoms with E-state index in [1.807, 2.05) is 38.1 Å². The molecular formula is C14H22N2O5. The summed E-state index contributed by atoms with van der Waals surface area (Å²) in [6.45, 7) is 4.40. The van der Waals surface area contributed by atoms with Crippen LogP contribution in [0, 0.1) is 17.0 Å². The van der Waals surface area contributed by atoms with Crippen molar-refractivity contribution in [3.63, 3.8) is 0 Å². The summed E-state index contributed by atoms with van der Waals surface area (Å²) >= 11 is 0. The van der Waals surface area contributed by atoms with Gasteiger partial charge in [0.05, 0.1) is 6.61 Å². The number of nitrogens with one attached hydrogen (secondary N) is 1. The Morgan fingerprint density at radius 2 is 2.14 bits per heavy atom. The molecule has 0 aromatic heterocycles. The SMILES string of the molecule is Cc1ccccc1OCC(O)CNC(C)CCO[N+](=O)[O-]. The zero-order chi connectivity index (χ0) is 15.7. The summed E-state index contributed by atoms with van der Waals surface area (Å²) in [7, 11) is 0. The molecule has 0 saturated carbocycles. The van der Waals surface area contributed by atoms with Crippen molar-refractivity contribution in [3.05, 3.63) is 39.9 Å². The van der Waals surface area contributed by atoms with Gasteiger partial charge in [-0.25, -0.2) is 0 Å². The van der Waals surface area contributed by atoms with E-state index in [4.69, 9.17) is 4.74 Å². The van der Waals surface area contributed by atoms with E-state index < -0.39 is 11.2 Å². The van der Waals surface area contributed by atoms with E-state index in [1.165, 1.54) is 0 Å². The zero-order valence-electron chi connectivity index (χ0n) is 12.3. The van der Waals surface area contributed by atoms with Gasteiger partial charge >= 0.3 is 0 Å². The highest BCUT2D eigenvalue weighted by atomic mass is 16.9. The highest BCUT2D eigenvalue weighted by Crippen LogP contribution is 2.16. The molecule has 0 bridgehead atoms. The highest BCUT2D eigenvalue weighted by Gasteiger charge is 2.09. The molecule has 7 nitrogen and oxygen atoms in total. The van der Waals surface area contributed by atoms with Gasteiger partial charge in [0.1, 0.15) is 18.5 Å². The smallest absolute Gasteiger partial charge is 0.294 e. The van der Waals surface area contributed by atoms with Crippen LogP contribution in [0.1, 0.15) is 18.9 Å². The Labute approximate surface area is 124 Å². The molecule has 0 radical (unpaired) electrons. The van der Waals surface area contributed by atoms with E-state index in [0.717, 1.165) is 11.3 Å². The second-order valence-electron chi connectivity index (χ2n) is 4.89. The number of hydrogen-bond donors (Lipinski definition) is 2. The monoisotopic (exact) mass is 298 g/mol. The van der Waals surface area contributed by atoms with E-state index in [0.29, 0.717) is 13.0 Å². The maximum absolute atomic E-state index is 10.0. The number of aliphatic hydroxyl groups excluding tert-OH is 1. The Bertz CT molecular complexity index is 441. The first-order valence-electron chi connectivity index (χ1n) is 6.86. The van der Waals surface area contributed by atoms with E-state index in [9.17, 15) is 15.2 Å². The van der Waals surface area contributed by atoms with Crippen LogP contribution < -0.4 is 10.1 Å². The maximum atomic E-state index is 10.0. The molecule has 0 aliphatic rings. The van der Waals surface area contributed by atoms with E-state index in [1.54, 1.807) is 0 Å². The molecule has 2 unspecified atom stereocenters. The van der Waals surface area contributed by atoms with Crippen molar-refractivity contribution in [2.75, 3.05) is 19.8 Å². The quantitative estimate of drug-likeness (QED) is 0.499. The summed E-state index contributed by atoms with van der Waals surface area (Å²) < 4.78 is 5.54. The fourth-order valence-corrected chi connectivity index (χ4v) is 1.71. The molecule has 2 N–H and O–H groups in total. The predicted octanol–water partition coefficient (Wildman–Crippen LogP) is 1.31. The number of rotatable bonds is 10. The van der Waals surface area contributed by atoms with Gasteiger partial charge in [-0.3, -0.25) is 0 Å². The second kappa shape index (κ2) is 9.15. The van der Waals surface area contributed by atoms with E-state index in [2.05, 4.69) is 10.2 Å². The standard InChI is InChI=1S/C14H22N2O5/c1-11-5-3-4-6-14(11)20-10-13(17)9-15-12(2)7-8-21-16(18)19/h3-6,12-13,15,17H,7-10H2,1-2H3. The third-order valence-corrected chi connectivity index (χ3v) is 2.97. The van der Waals surface area contributed by atoms with Crippen LogP contribution in [0.2, 0.25) is 0 Å². The van der Waals surface area contributed by atoms with E-state index in [-0.39, 0.29) is 19.3 Å². The van der Waals surface area contributed by atoms with Crippen LogP contribution in [0.25, 0.3) is 0 Å². The van der Waals surface area contributed by atoms with Crippen molar-refractivity contribution in [1.29, 1.82) is 0 Å². The molecule has 0 fully saturated rings. The van der Waals surface area contributed by atoms with Crippen molar-refractivity contribution < 1.29 is 19.8 Å². The Balaban J connectivity index is 2.17. The summed E-state index contributed by atoms with van der Waals surface area (Å²) in [5, 5.41) is 22.1. The van der Waals surface area contributed by atoms with Crippen molar-refractivity contribution in [2.45, 2.75) is 32.4 Å². The summed E-state index contributed by atoms with van der Waals surface area (Å²) in [5.41, 5.74) is 1.02. The Morgan fingerprint density at radius 1 is 1.43 bits per heavy atom. The van der Waals surface area contributed by atoms with Crippen LogP contribution in [-0.4, -0.2) is 42.1 Å².